The number of aliphatic hydroxyl groups is 1. The van der Waals surface area contributed by atoms with Crippen LogP contribution in [0.4, 0.5) is 0 Å². The minimum Gasteiger partial charge on any atom is -0.490 e. The molecule has 0 saturated carbocycles. The summed E-state index contributed by atoms with van der Waals surface area (Å²) in [5.41, 5.74) is 6.02. The Hall–Kier alpha value is -0.580. The molecule has 0 aliphatic carbocycles. The van der Waals surface area contributed by atoms with Gasteiger partial charge in [-0.15, -0.1) is 0 Å². The Morgan fingerprint density at radius 2 is 2.18 bits per heavy atom. The van der Waals surface area contributed by atoms with Crippen molar-refractivity contribution in [2.45, 2.75) is 38.8 Å². The van der Waals surface area contributed by atoms with Crippen molar-refractivity contribution < 1.29 is 9.84 Å². The second kappa shape index (κ2) is 5.85. The van der Waals surface area contributed by atoms with E-state index in [-0.39, 0.29) is 12.6 Å². The maximum Gasteiger partial charge on any atom is 0.125 e. The Morgan fingerprint density at radius 1 is 1.53 bits per heavy atom. The normalized spacial score (nSPS) is 16.4. The van der Waals surface area contributed by atoms with Gasteiger partial charge in [-0.1, -0.05) is 28.9 Å². The quantitative estimate of drug-likeness (QED) is 0.879. The van der Waals surface area contributed by atoms with Crippen LogP contribution in [0.5, 0.6) is 5.75 Å². The van der Waals surface area contributed by atoms with Crippen LogP contribution in [0.25, 0.3) is 0 Å². The van der Waals surface area contributed by atoms with Crippen molar-refractivity contribution in [2.24, 2.45) is 5.73 Å². The molecule has 4 heteroatoms. The first-order valence-electron chi connectivity index (χ1n) is 5.76. The highest BCUT2D eigenvalue weighted by atomic mass is 79.9. The van der Waals surface area contributed by atoms with Gasteiger partial charge in [-0.25, -0.2) is 0 Å². The lowest BCUT2D eigenvalue weighted by atomic mass is 10.1. The van der Waals surface area contributed by atoms with Crippen molar-refractivity contribution in [1.82, 2.24) is 0 Å². The summed E-state index contributed by atoms with van der Waals surface area (Å²) in [5, 5.41) is 9.92. The maximum absolute atomic E-state index is 9.92. The van der Waals surface area contributed by atoms with Crippen LogP contribution in [0.2, 0.25) is 0 Å². The second-order valence-electron chi connectivity index (χ2n) is 4.61. The van der Waals surface area contributed by atoms with Crippen molar-refractivity contribution >= 4 is 15.9 Å². The topological polar surface area (TPSA) is 55.5 Å². The summed E-state index contributed by atoms with van der Waals surface area (Å²) in [6, 6.07) is 5.66. The molecule has 0 spiro atoms. The molecule has 1 rings (SSSR count). The van der Waals surface area contributed by atoms with Crippen LogP contribution in [-0.2, 0) is 0 Å². The van der Waals surface area contributed by atoms with E-state index in [1.165, 1.54) is 0 Å². The van der Waals surface area contributed by atoms with Gasteiger partial charge in [-0.3, -0.25) is 0 Å². The summed E-state index contributed by atoms with van der Waals surface area (Å²) < 4.78 is 6.61. The number of hydrogen-bond donors (Lipinski definition) is 2. The van der Waals surface area contributed by atoms with Gasteiger partial charge in [0, 0.05) is 16.1 Å². The van der Waals surface area contributed by atoms with Crippen molar-refractivity contribution in [3.05, 3.63) is 28.2 Å². The maximum atomic E-state index is 9.92. The summed E-state index contributed by atoms with van der Waals surface area (Å²) in [6.45, 7) is 5.86. The van der Waals surface area contributed by atoms with Crippen LogP contribution >= 0.6 is 15.9 Å². The molecule has 0 heterocycles. The van der Waals surface area contributed by atoms with E-state index >= 15 is 0 Å². The Labute approximate surface area is 111 Å². The van der Waals surface area contributed by atoms with Gasteiger partial charge in [0.05, 0.1) is 5.60 Å². The third-order valence-corrected chi connectivity index (χ3v) is 3.26. The van der Waals surface area contributed by atoms with E-state index in [0.29, 0.717) is 6.42 Å². The lowest BCUT2D eigenvalue weighted by molar-refractivity contribution is 0.00808. The molecule has 0 aliphatic heterocycles. The summed E-state index contributed by atoms with van der Waals surface area (Å²) in [7, 11) is 0. The Balaban J connectivity index is 2.85. The minimum atomic E-state index is -0.808. The van der Waals surface area contributed by atoms with Crippen LogP contribution in [-0.4, -0.2) is 17.3 Å². The molecule has 3 nitrogen and oxygen atoms in total. The molecule has 0 aromatic heterocycles. The largest absolute Gasteiger partial charge is 0.490 e. The van der Waals surface area contributed by atoms with Crippen LogP contribution in [0.15, 0.2) is 22.7 Å². The highest BCUT2D eigenvalue weighted by Gasteiger charge is 2.19. The van der Waals surface area contributed by atoms with E-state index in [2.05, 4.69) is 15.9 Å². The molecule has 2 atom stereocenters. The first kappa shape index (κ1) is 14.5. The molecular weight excluding hydrogens is 282 g/mol. The first-order chi connectivity index (χ1) is 7.85. The zero-order valence-electron chi connectivity index (χ0n) is 10.5. The fraction of sp³-hybridized carbons (Fsp3) is 0.538. The van der Waals surface area contributed by atoms with Crippen LogP contribution in [0.1, 0.15) is 38.8 Å². The second-order valence-corrected chi connectivity index (χ2v) is 5.53. The third-order valence-electron chi connectivity index (χ3n) is 2.77. The molecule has 2 unspecified atom stereocenters. The molecule has 0 aliphatic rings. The summed E-state index contributed by atoms with van der Waals surface area (Å²) >= 11 is 3.40. The van der Waals surface area contributed by atoms with E-state index < -0.39 is 5.60 Å². The highest BCUT2D eigenvalue weighted by molar-refractivity contribution is 9.10. The lowest BCUT2D eigenvalue weighted by Gasteiger charge is -2.23. The smallest absolute Gasteiger partial charge is 0.125 e. The standard InChI is InChI=1S/C13H20BrNO2/c1-4-13(3,16)8-17-12-7-10(14)5-6-11(12)9(2)15/h5-7,9,16H,4,8,15H2,1-3H3. The van der Waals surface area contributed by atoms with Crippen molar-refractivity contribution in [1.29, 1.82) is 0 Å². The predicted octanol–water partition coefficient (Wildman–Crippen LogP) is 3.01. The summed E-state index contributed by atoms with van der Waals surface area (Å²) in [5.74, 6) is 0.725. The molecule has 96 valence electrons. The number of halogens is 1. The van der Waals surface area contributed by atoms with E-state index in [1.807, 2.05) is 32.0 Å². The fourth-order valence-electron chi connectivity index (χ4n) is 1.34. The van der Waals surface area contributed by atoms with Gasteiger partial charge in [-0.05, 0) is 32.4 Å². The molecule has 0 radical (unpaired) electrons. The molecule has 1 aromatic rings. The Kier molecular flexibility index (Phi) is 4.98. The molecule has 1 aromatic carbocycles. The van der Waals surface area contributed by atoms with Crippen LogP contribution in [0.3, 0.4) is 0 Å². The lowest BCUT2D eigenvalue weighted by Crippen LogP contribution is -2.31. The van der Waals surface area contributed by atoms with Gasteiger partial charge in [-0.2, -0.15) is 0 Å². The molecule has 17 heavy (non-hydrogen) atoms. The zero-order valence-corrected chi connectivity index (χ0v) is 12.1. The van der Waals surface area contributed by atoms with Gasteiger partial charge in [0.25, 0.3) is 0 Å². The third kappa shape index (κ3) is 4.30. The number of hydrogen-bond acceptors (Lipinski definition) is 3. The molecule has 0 amide bonds. The zero-order chi connectivity index (χ0) is 13.1. The predicted molar refractivity (Wildman–Crippen MR) is 73.2 cm³/mol. The van der Waals surface area contributed by atoms with E-state index in [1.54, 1.807) is 6.92 Å². The fourth-order valence-corrected chi connectivity index (χ4v) is 1.68. The molecule has 0 fully saturated rings. The molecule has 0 saturated heterocycles. The van der Waals surface area contributed by atoms with E-state index in [4.69, 9.17) is 10.5 Å². The Morgan fingerprint density at radius 3 is 2.71 bits per heavy atom. The van der Waals surface area contributed by atoms with E-state index in [9.17, 15) is 5.11 Å². The molecule has 3 N–H and O–H groups in total. The average molecular weight is 302 g/mol. The van der Waals surface area contributed by atoms with Gasteiger partial charge in [0.1, 0.15) is 12.4 Å². The Bertz CT molecular complexity index is 378. The number of nitrogens with two attached hydrogens (primary N) is 1. The van der Waals surface area contributed by atoms with Gasteiger partial charge >= 0.3 is 0 Å². The number of benzene rings is 1. The molecular formula is C13H20BrNO2. The number of rotatable bonds is 5. The van der Waals surface area contributed by atoms with Crippen LogP contribution < -0.4 is 10.5 Å². The van der Waals surface area contributed by atoms with Gasteiger partial charge in [0.2, 0.25) is 0 Å². The van der Waals surface area contributed by atoms with Crippen molar-refractivity contribution in [3.63, 3.8) is 0 Å². The highest BCUT2D eigenvalue weighted by Crippen LogP contribution is 2.28. The van der Waals surface area contributed by atoms with Gasteiger partial charge < -0.3 is 15.6 Å². The van der Waals surface area contributed by atoms with Gasteiger partial charge in [0.15, 0.2) is 0 Å². The monoisotopic (exact) mass is 301 g/mol. The summed E-state index contributed by atoms with van der Waals surface area (Å²) in [4.78, 5) is 0. The van der Waals surface area contributed by atoms with E-state index in [0.717, 1.165) is 15.8 Å². The summed E-state index contributed by atoms with van der Waals surface area (Å²) in [6.07, 6.45) is 0.647. The van der Waals surface area contributed by atoms with Crippen LogP contribution in [0, 0.1) is 0 Å². The minimum absolute atomic E-state index is 0.0929. The SMILES string of the molecule is CCC(C)(O)COc1cc(Br)ccc1C(C)N. The molecule has 0 bridgehead atoms. The van der Waals surface area contributed by atoms with Crippen molar-refractivity contribution in [3.8, 4) is 5.75 Å². The average Bonchev–Trinajstić information content (AvgIpc) is 2.26. The first-order valence-corrected chi connectivity index (χ1v) is 6.55. The number of ether oxygens (including phenoxy) is 1. The van der Waals surface area contributed by atoms with Crippen molar-refractivity contribution in [2.75, 3.05) is 6.61 Å².